The van der Waals surface area contributed by atoms with Crippen molar-refractivity contribution in [1.82, 2.24) is 14.8 Å². The van der Waals surface area contributed by atoms with Crippen LogP contribution >= 0.6 is 0 Å². The summed E-state index contributed by atoms with van der Waals surface area (Å²) in [4.78, 5) is 32.9. The summed E-state index contributed by atoms with van der Waals surface area (Å²) in [5.41, 5.74) is 1.18. The molecule has 6 heteroatoms. The van der Waals surface area contributed by atoms with E-state index in [-0.39, 0.29) is 11.8 Å². The van der Waals surface area contributed by atoms with E-state index in [2.05, 4.69) is 4.98 Å². The molecule has 6 nitrogen and oxygen atoms in total. The van der Waals surface area contributed by atoms with E-state index in [1.165, 1.54) is 0 Å². The highest BCUT2D eigenvalue weighted by atomic mass is 16.5. The SMILES string of the molecule is COc1ccccc1C(=O)N1CCCN(C(=O)c2ccncc2)CC1. The second kappa shape index (κ2) is 7.79. The maximum Gasteiger partial charge on any atom is 0.257 e. The lowest BCUT2D eigenvalue weighted by Gasteiger charge is -2.23. The molecule has 2 amide bonds. The van der Waals surface area contributed by atoms with Crippen LogP contribution in [-0.4, -0.2) is 59.9 Å². The molecule has 1 fully saturated rings. The molecule has 0 saturated carbocycles. The smallest absolute Gasteiger partial charge is 0.257 e. The summed E-state index contributed by atoms with van der Waals surface area (Å²) in [6.45, 7) is 2.28. The molecule has 1 saturated heterocycles. The number of pyridine rings is 1. The van der Waals surface area contributed by atoms with Gasteiger partial charge in [-0.05, 0) is 30.7 Å². The highest BCUT2D eigenvalue weighted by molar-refractivity contribution is 5.97. The summed E-state index contributed by atoms with van der Waals surface area (Å²) in [5, 5.41) is 0. The fourth-order valence-electron chi connectivity index (χ4n) is 2.99. The van der Waals surface area contributed by atoms with Crippen LogP contribution in [-0.2, 0) is 0 Å². The lowest BCUT2D eigenvalue weighted by atomic mass is 10.1. The van der Waals surface area contributed by atoms with Gasteiger partial charge in [-0.15, -0.1) is 0 Å². The van der Waals surface area contributed by atoms with Crippen LogP contribution in [0.5, 0.6) is 5.75 Å². The Bertz CT molecular complexity index is 749. The number of ether oxygens (including phenoxy) is 1. The molecule has 3 rings (SSSR count). The van der Waals surface area contributed by atoms with E-state index < -0.39 is 0 Å². The van der Waals surface area contributed by atoms with Crippen LogP contribution in [0.15, 0.2) is 48.8 Å². The Hall–Kier alpha value is -2.89. The fraction of sp³-hybridized carbons (Fsp3) is 0.316. The van der Waals surface area contributed by atoms with Crippen molar-refractivity contribution >= 4 is 11.8 Å². The molecule has 1 aromatic carbocycles. The van der Waals surface area contributed by atoms with Crippen molar-refractivity contribution in [2.75, 3.05) is 33.3 Å². The van der Waals surface area contributed by atoms with E-state index in [0.29, 0.717) is 43.1 Å². The number of carbonyl (C=O) groups excluding carboxylic acids is 2. The predicted octanol–water partition coefficient (Wildman–Crippen LogP) is 2.08. The van der Waals surface area contributed by atoms with Crippen LogP contribution < -0.4 is 4.74 Å². The van der Waals surface area contributed by atoms with Crippen LogP contribution in [0.3, 0.4) is 0 Å². The number of benzene rings is 1. The van der Waals surface area contributed by atoms with Crippen LogP contribution in [0.1, 0.15) is 27.1 Å². The molecule has 2 aromatic rings. The predicted molar refractivity (Wildman–Crippen MR) is 93.7 cm³/mol. The van der Waals surface area contributed by atoms with Crippen LogP contribution in [0, 0.1) is 0 Å². The minimum atomic E-state index is -0.0596. The third-order valence-corrected chi connectivity index (χ3v) is 4.33. The second-order valence-corrected chi connectivity index (χ2v) is 5.87. The van der Waals surface area contributed by atoms with Crippen molar-refractivity contribution in [3.8, 4) is 5.75 Å². The molecule has 130 valence electrons. The number of amides is 2. The number of nitrogens with zero attached hydrogens (tertiary/aromatic N) is 3. The molecule has 0 N–H and O–H groups in total. The summed E-state index contributed by atoms with van der Waals surface area (Å²) in [7, 11) is 1.56. The summed E-state index contributed by atoms with van der Waals surface area (Å²) in [6.07, 6.45) is 3.98. The zero-order valence-corrected chi connectivity index (χ0v) is 14.2. The molecule has 0 atom stereocenters. The van der Waals surface area contributed by atoms with E-state index in [1.807, 2.05) is 12.1 Å². The first-order valence-corrected chi connectivity index (χ1v) is 8.32. The summed E-state index contributed by atoms with van der Waals surface area (Å²) >= 11 is 0. The Balaban J connectivity index is 1.69. The van der Waals surface area contributed by atoms with E-state index in [1.54, 1.807) is 53.6 Å². The minimum absolute atomic E-state index is 0.0195. The summed E-state index contributed by atoms with van der Waals surface area (Å²) in [5.74, 6) is 0.492. The molecule has 0 bridgehead atoms. The molecule has 1 aliphatic heterocycles. The van der Waals surface area contributed by atoms with E-state index >= 15 is 0 Å². The quantitative estimate of drug-likeness (QED) is 0.859. The average molecular weight is 339 g/mol. The monoisotopic (exact) mass is 339 g/mol. The lowest BCUT2D eigenvalue weighted by molar-refractivity contribution is 0.0717. The summed E-state index contributed by atoms with van der Waals surface area (Å²) < 4.78 is 5.29. The van der Waals surface area contributed by atoms with Crippen LogP contribution in [0.4, 0.5) is 0 Å². The highest BCUT2D eigenvalue weighted by Crippen LogP contribution is 2.20. The third kappa shape index (κ3) is 3.79. The van der Waals surface area contributed by atoms with Crippen molar-refractivity contribution in [3.05, 3.63) is 59.9 Å². The largest absolute Gasteiger partial charge is 0.496 e. The first-order chi connectivity index (χ1) is 12.2. The van der Waals surface area contributed by atoms with Gasteiger partial charge >= 0.3 is 0 Å². The van der Waals surface area contributed by atoms with Gasteiger partial charge in [-0.3, -0.25) is 14.6 Å². The van der Waals surface area contributed by atoms with E-state index in [0.717, 1.165) is 6.42 Å². The molecule has 2 heterocycles. The van der Waals surface area contributed by atoms with Gasteiger partial charge in [-0.1, -0.05) is 12.1 Å². The van der Waals surface area contributed by atoms with Gasteiger partial charge < -0.3 is 14.5 Å². The van der Waals surface area contributed by atoms with Gasteiger partial charge in [0.25, 0.3) is 11.8 Å². The van der Waals surface area contributed by atoms with Crippen molar-refractivity contribution in [2.24, 2.45) is 0 Å². The Morgan fingerprint density at radius 2 is 1.56 bits per heavy atom. The number of carbonyl (C=O) groups is 2. The molecular formula is C19H21N3O3. The average Bonchev–Trinajstić information content (AvgIpc) is 2.93. The van der Waals surface area contributed by atoms with Gasteiger partial charge in [0.1, 0.15) is 5.75 Å². The standard InChI is InChI=1S/C19H21N3O3/c1-25-17-6-3-2-5-16(17)19(24)22-12-4-11-21(13-14-22)18(23)15-7-9-20-10-8-15/h2-3,5-10H,4,11-14H2,1H3. The fourth-order valence-corrected chi connectivity index (χ4v) is 2.99. The normalized spacial score (nSPS) is 14.8. The highest BCUT2D eigenvalue weighted by Gasteiger charge is 2.24. The minimum Gasteiger partial charge on any atom is -0.496 e. The van der Waals surface area contributed by atoms with Gasteiger partial charge in [-0.25, -0.2) is 0 Å². The topological polar surface area (TPSA) is 62.7 Å². The zero-order chi connectivity index (χ0) is 17.6. The summed E-state index contributed by atoms with van der Waals surface area (Å²) in [6, 6.07) is 10.6. The van der Waals surface area contributed by atoms with Gasteiger partial charge in [0.2, 0.25) is 0 Å². The molecule has 1 aromatic heterocycles. The molecule has 1 aliphatic rings. The first-order valence-electron chi connectivity index (χ1n) is 8.32. The second-order valence-electron chi connectivity index (χ2n) is 5.87. The Morgan fingerprint density at radius 1 is 0.920 bits per heavy atom. The van der Waals surface area contributed by atoms with Crippen LogP contribution in [0.2, 0.25) is 0 Å². The van der Waals surface area contributed by atoms with Crippen molar-refractivity contribution < 1.29 is 14.3 Å². The Morgan fingerprint density at radius 3 is 2.24 bits per heavy atom. The van der Waals surface area contributed by atoms with Crippen molar-refractivity contribution in [3.63, 3.8) is 0 Å². The van der Waals surface area contributed by atoms with Gasteiger partial charge in [-0.2, -0.15) is 0 Å². The number of para-hydroxylation sites is 1. The zero-order valence-electron chi connectivity index (χ0n) is 14.2. The molecular weight excluding hydrogens is 318 g/mol. The number of rotatable bonds is 3. The van der Waals surface area contributed by atoms with E-state index in [9.17, 15) is 9.59 Å². The van der Waals surface area contributed by atoms with Crippen molar-refractivity contribution in [1.29, 1.82) is 0 Å². The van der Waals surface area contributed by atoms with Gasteiger partial charge in [0.15, 0.2) is 0 Å². The van der Waals surface area contributed by atoms with Crippen LogP contribution in [0.25, 0.3) is 0 Å². The van der Waals surface area contributed by atoms with Gasteiger partial charge in [0, 0.05) is 44.1 Å². The third-order valence-electron chi connectivity index (χ3n) is 4.33. The lowest BCUT2D eigenvalue weighted by Crippen LogP contribution is -2.37. The van der Waals surface area contributed by atoms with E-state index in [4.69, 9.17) is 4.74 Å². The van der Waals surface area contributed by atoms with Gasteiger partial charge in [0.05, 0.1) is 12.7 Å². The maximum atomic E-state index is 12.8. The maximum absolute atomic E-state index is 12.8. The molecule has 0 radical (unpaired) electrons. The molecule has 0 unspecified atom stereocenters. The Kier molecular flexibility index (Phi) is 5.28. The number of methoxy groups -OCH3 is 1. The molecule has 25 heavy (non-hydrogen) atoms. The number of hydrogen-bond donors (Lipinski definition) is 0. The number of hydrogen-bond acceptors (Lipinski definition) is 4. The first kappa shape index (κ1) is 17.0. The molecule has 0 aliphatic carbocycles. The number of aromatic nitrogens is 1. The molecule has 0 spiro atoms. The Labute approximate surface area is 147 Å². The van der Waals surface area contributed by atoms with Crippen molar-refractivity contribution in [2.45, 2.75) is 6.42 Å².